The molecule has 1 aliphatic heterocycles. The Morgan fingerprint density at radius 1 is 1.19 bits per heavy atom. The molecule has 0 radical (unpaired) electrons. The highest BCUT2D eigenvalue weighted by atomic mass is 32.3. The van der Waals surface area contributed by atoms with Crippen molar-refractivity contribution in [2.24, 2.45) is 0 Å². The Morgan fingerprint density at radius 2 is 1.86 bits per heavy atom. The SMILES string of the molecule is CN1CC=Cc2ccc3ccccc3c21.COS(=O)(=O)O. The Balaban J connectivity index is 0.000000232. The molecule has 112 valence electrons. The second-order valence-corrected chi connectivity index (χ2v) is 5.79. The fourth-order valence-corrected chi connectivity index (χ4v) is 2.26. The van der Waals surface area contributed by atoms with Gasteiger partial charge < -0.3 is 4.90 Å². The highest BCUT2D eigenvalue weighted by molar-refractivity contribution is 7.80. The Bertz CT molecular complexity index is 768. The van der Waals surface area contributed by atoms with E-state index in [-0.39, 0.29) is 0 Å². The van der Waals surface area contributed by atoms with Crippen LogP contribution in [0.25, 0.3) is 16.8 Å². The third kappa shape index (κ3) is 3.81. The predicted octanol–water partition coefficient (Wildman–Crippen LogP) is 2.74. The standard InChI is InChI=1S/C14H13N.CH4O4S/c1-15-10-4-6-12-9-8-11-5-2-3-7-13(11)14(12)15;1-5-6(2,3)4/h2-9H,10H2,1H3;1H3,(H,2,3,4). The minimum atomic E-state index is -4.16. The molecule has 0 atom stereocenters. The summed E-state index contributed by atoms with van der Waals surface area (Å²) >= 11 is 0. The smallest absolute Gasteiger partial charge is 0.370 e. The lowest BCUT2D eigenvalue weighted by atomic mass is 10.0. The van der Waals surface area contributed by atoms with Crippen LogP contribution in [0, 0.1) is 0 Å². The lowest BCUT2D eigenvalue weighted by molar-refractivity contribution is 0.324. The highest BCUT2D eigenvalue weighted by Gasteiger charge is 2.11. The maximum Gasteiger partial charge on any atom is 0.397 e. The van der Waals surface area contributed by atoms with E-state index in [4.69, 9.17) is 4.55 Å². The molecule has 1 heterocycles. The first-order chi connectivity index (χ1) is 9.92. The zero-order valence-electron chi connectivity index (χ0n) is 11.9. The average molecular weight is 307 g/mol. The van der Waals surface area contributed by atoms with Crippen LogP contribution in [-0.2, 0) is 14.6 Å². The van der Waals surface area contributed by atoms with Gasteiger partial charge in [0.1, 0.15) is 0 Å². The Kier molecular flexibility index (Phi) is 4.62. The summed E-state index contributed by atoms with van der Waals surface area (Å²) in [7, 11) is -1.14. The van der Waals surface area contributed by atoms with Crippen LogP contribution < -0.4 is 4.90 Å². The van der Waals surface area contributed by atoms with Crippen LogP contribution >= 0.6 is 0 Å². The van der Waals surface area contributed by atoms with E-state index in [1.165, 1.54) is 22.0 Å². The second-order valence-electron chi connectivity index (χ2n) is 4.60. The molecule has 0 saturated heterocycles. The van der Waals surface area contributed by atoms with Gasteiger partial charge in [-0.3, -0.25) is 8.74 Å². The zero-order valence-corrected chi connectivity index (χ0v) is 12.7. The van der Waals surface area contributed by atoms with Gasteiger partial charge in [-0.25, -0.2) is 0 Å². The van der Waals surface area contributed by atoms with Gasteiger partial charge in [0.15, 0.2) is 0 Å². The van der Waals surface area contributed by atoms with Gasteiger partial charge in [-0.05, 0) is 10.9 Å². The first-order valence-electron chi connectivity index (χ1n) is 6.35. The van der Waals surface area contributed by atoms with E-state index < -0.39 is 10.4 Å². The summed E-state index contributed by atoms with van der Waals surface area (Å²) in [6, 6.07) is 13.0. The molecular weight excluding hydrogens is 290 g/mol. The van der Waals surface area contributed by atoms with Gasteiger partial charge in [-0.2, -0.15) is 8.42 Å². The van der Waals surface area contributed by atoms with Crippen molar-refractivity contribution in [2.75, 3.05) is 25.6 Å². The van der Waals surface area contributed by atoms with Crippen LogP contribution in [0.15, 0.2) is 42.5 Å². The summed E-state index contributed by atoms with van der Waals surface area (Å²) in [5.74, 6) is 0. The van der Waals surface area contributed by atoms with E-state index >= 15 is 0 Å². The molecule has 0 unspecified atom stereocenters. The van der Waals surface area contributed by atoms with Gasteiger partial charge in [0.2, 0.25) is 0 Å². The fourth-order valence-electron chi connectivity index (χ4n) is 2.26. The van der Waals surface area contributed by atoms with Crippen LogP contribution in [-0.4, -0.2) is 33.7 Å². The molecule has 3 rings (SSSR count). The van der Waals surface area contributed by atoms with E-state index in [2.05, 4.69) is 64.7 Å². The third-order valence-electron chi connectivity index (χ3n) is 3.20. The molecule has 2 aromatic carbocycles. The molecule has 0 bridgehead atoms. The van der Waals surface area contributed by atoms with Crippen molar-refractivity contribution in [3.8, 4) is 0 Å². The molecule has 0 amide bonds. The van der Waals surface area contributed by atoms with Crippen LogP contribution in [0.2, 0.25) is 0 Å². The van der Waals surface area contributed by atoms with Crippen molar-refractivity contribution >= 4 is 32.9 Å². The third-order valence-corrected chi connectivity index (χ3v) is 3.62. The van der Waals surface area contributed by atoms with Crippen molar-refractivity contribution in [2.45, 2.75) is 0 Å². The molecule has 21 heavy (non-hydrogen) atoms. The lowest BCUT2D eigenvalue weighted by Crippen LogP contribution is -2.20. The average Bonchev–Trinajstić information content (AvgIpc) is 2.47. The van der Waals surface area contributed by atoms with Crippen molar-refractivity contribution in [3.05, 3.63) is 48.0 Å². The van der Waals surface area contributed by atoms with Gasteiger partial charge in [-0.15, -0.1) is 0 Å². The number of likely N-dealkylation sites (N-methyl/N-ethyl adjacent to an activating group) is 1. The summed E-state index contributed by atoms with van der Waals surface area (Å²) in [5.41, 5.74) is 2.68. The summed E-state index contributed by atoms with van der Waals surface area (Å²) in [5, 5.41) is 2.67. The summed E-state index contributed by atoms with van der Waals surface area (Å²) < 4.78 is 29.7. The Labute approximate surface area is 124 Å². The quantitative estimate of drug-likeness (QED) is 0.821. The molecule has 5 nitrogen and oxygen atoms in total. The largest absolute Gasteiger partial charge is 0.397 e. The fraction of sp³-hybridized carbons (Fsp3) is 0.200. The lowest BCUT2D eigenvalue weighted by Gasteiger charge is -2.25. The van der Waals surface area contributed by atoms with Crippen LogP contribution in [0.5, 0.6) is 0 Å². The normalized spacial score (nSPS) is 13.6. The molecular formula is C15H17NO4S. The van der Waals surface area contributed by atoms with Crippen LogP contribution in [0.1, 0.15) is 5.56 Å². The minimum absolute atomic E-state index is 0.870. The summed E-state index contributed by atoms with van der Waals surface area (Å²) in [6.07, 6.45) is 4.42. The van der Waals surface area contributed by atoms with E-state index in [0.29, 0.717) is 0 Å². The molecule has 6 heteroatoms. The van der Waals surface area contributed by atoms with Gasteiger partial charge in [-0.1, -0.05) is 48.6 Å². The minimum Gasteiger partial charge on any atom is -0.370 e. The molecule has 1 N–H and O–H groups in total. The van der Waals surface area contributed by atoms with E-state index in [0.717, 1.165) is 13.7 Å². The number of benzene rings is 2. The van der Waals surface area contributed by atoms with Gasteiger partial charge in [0.25, 0.3) is 0 Å². The van der Waals surface area contributed by atoms with E-state index in [1.807, 2.05) is 0 Å². The highest BCUT2D eigenvalue weighted by Crippen LogP contribution is 2.32. The van der Waals surface area contributed by atoms with Crippen LogP contribution in [0.4, 0.5) is 5.69 Å². The van der Waals surface area contributed by atoms with Gasteiger partial charge in [0.05, 0.1) is 12.8 Å². The second kappa shape index (κ2) is 6.26. The maximum absolute atomic E-state index is 9.33. The molecule has 0 aromatic heterocycles. The summed E-state index contributed by atoms with van der Waals surface area (Å²) in [6.45, 7) is 1.00. The molecule has 0 aliphatic carbocycles. The van der Waals surface area contributed by atoms with Gasteiger partial charge >= 0.3 is 10.4 Å². The zero-order chi connectivity index (χ0) is 15.5. The number of hydrogen-bond donors (Lipinski definition) is 1. The first kappa shape index (κ1) is 15.5. The van der Waals surface area contributed by atoms with E-state index in [1.54, 1.807) is 0 Å². The topological polar surface area (TPSA) is 66.8 Å². The van der Waals surface area contributed by atoms with Gasteiger partial charge in [0, 0.05) is 19.0 Å². The van der Waals surface area contributed by atoms with Crippen molar-refractivity contribution in [1.82, 2.24) is 0 Å². The predicted molar refractivity (Wildman–Crippen MR) is 84.8 cm³/mol. The number of rotatable bonds is 1. The number of fused-ring (bicyclic) bond motifs is 3. The van der Waals surface area contributed by atoms with Crippen molar-refractivity contribution < 1.29 is 17.2 Å². The molecule has 0 fully saturated rings. The van der Waals surface area contributed by atoms with Crippen molar-refractivity contribution in [3.63, 3.8) is 0 Å². The molecule has 0 spiro atoms. The molecule has 1 aliphatic rings. The van der Waals surface area contributed by atoms with E-state index in [9.17, 15) is 8.42 Å². The molecule has 2 aromatic rings. The first-order valence-corrected chi connectivity index (χ1v) is 7.71. The van der Waals surface area contributed by atoms with Crippen molar-refractivity contribution in [1.29, 1.82) is 0 Å². The van der Waals surface area contributed by atoms with Crippen LogP contribution in [0.3, 0.4) is 0 Å². The Morgan fingerprint density at radius 3 is 2.52 bits per heavy atom. The summed E-state index contributed by atoms with van der Waals surface area (Å²) in [4.78, 5) is 2.30. The maximum atomic E-state index is 9.33. The molecule has 0 saturated carbocycles. The number of anilines is 1. The Hall–Kier alpha value is -1.89. The number of nitrogens with zero attached hydrogens (tertiary/aromatic N) is 1. The number of hydrogen-bond acceptors (Lipinski definition) is 4. The monoisotopic (exact) mass is 307 g/mol.